The molecule has 1 aliphatic heterocycles. The summed E-state index contributed by atoms with van der Waals surface area (Å²) >= 11 is 0. The summed E-state index contributed by atoms with van der Waals surface area (Å²) in [6, 6.07) is 7.04. The minimum atomic E-state index is -4.52. The van der Waals surface area contributed by atoms with E-state index in [4.69, 9.17) is 0 Å². The van der Waals surface area contributed by atoms with Crippen molar-refractivity contribution in [3.63, 3.8) is 0 Å². The van der Waals surface area contributed by atoms with Crippen molar-refractivity contribution in [3.05, 3.63) is 47.8 Å². The normalized spacial score (nSPS) is 20.6. The number of nitrogens with zero attached hydrogens (tertiary/aromatic N) is 2. The molecule has 2 aromatic rings. The van der Waals surface area contributed by atoms with E-state index in [2.05, 4.69) is 15.7 Å². The molecule has 1 aromatic heterocycles. The van der Waals surface area contributed by atoms with Gasteiger partial charge in [-0.2, -0.15) is 18.3 Å². The molecule has 1 amide bonds. The average molecular weight is 354 g/mol. The number of alkyl halides is 3. The molecule has 0 saturated carbocycles. The monoisotopic (exact) mass is 354 g/mol. The second kappa shape index (κ2) is 6.85. The Morgan fingerprint density at radius 2 is 2.16 bits per heavy atom. The zero-order valence-electron chi connectivity index (χ0n) is 13.1. The third kappa shape index (κ3) is 3.99. The van der Waals surface area contributed by atoms with Gasteiger partial charge in [-0.15, -0.1) is 0 Å². The van der Waals surface area contributed by atoms with Crippen molar-refractivity contribution in [2.45, 2.75) is 12.3 Å². The molecule has 9 heteroatoms. The molecule has 1 aliphatic rings. The van der Waals surface area contributed by atoms with Crippen LogP contribution in [0.2, 0.25) is 0 Å². The van der Waals surface area contributed by atoms with Gasteiger partial charge < -0.3 is 15.7 Å². The van der Waals surface area contributed by atoms with Gasteiger partial charge in [0.05, 0.1) is 11.8 Å². The number of halogens is 3. The quantitative estimate of drug-likeness (QED) is 0.771. The first-order valence-corrected chi connectivity index (χ1v) is 7.75. The zero-order chi connectivity index (χ0) is 18.0. The lowest BCUT2D eigenvalue weighted by Gasteiger charge is -2.14. The molecule has 0 aliphatic carbocycles. The molecule has 0 radical (unpaired) electrons. The predicted molar refractivity (Wildman–Crippen MR) is 83.3 cm³/mol. The first-order chi connectivity index (χ1) is 11.8. The predicted octanol–water partition coefficient (Wildman–Crippen LogP) is 1.20. The van der Waals surface area contributed by atoms with Crippen LogP contribution < -0.4 is 10.6 Å². The van der Waals surface area contributed by atoms with E-state index >= 15 is 0 Å². The van der Waals surface area contributed by atoms with Gasteiger partial charge >= 0.3 is 6.18 Å². The Labute approximate surface area is 141 Å². The fourth-order valence-electron chi connectivity index (χ4n) is 2.66. The number of hydrogen-bond donors (Lipinski definition) is 3. The van der Waals surface area contributed by atoms with Gasteiger partial charge in [-0.1, -0.05) is 6.07 Å². The summed E-state index contributed by atoms with van der Waals surface area (Å²) in [6.07, 6.45) is -3.83. The molecular formula is C16H17F3N4O2. The third-order valence-corrected chi connectivity index (χ3v) is 4.08. The van der Waals surface area contributed by atoms with E-state index in [-0.39, 0.29) is 11.8 Å². The van der Waals surface area contributed by atoms with Gasteiger partial charge in [-0.3, -0.25) is 4.79 Å². The topological polar surface area (TPSA) is 79.2 Å². The number of carbonyl (C=O) groups excluding carboxylic acids is 1. The van der Waals surface area contributed by atoms with E-state index in [1.54, 1.807) is 18.2 Å². The first kappa shape index (κ1) is 17.4. The smallest absolute Gasteiger partial charge is 0.391 e. The minimum Gasteiger partial charge on any atom is -0.391 e. The van der Waals surface area contributed by atoms with Crippen molar-refractivity contribution in [2.24, 2.45) is 5.92 Å². The summed E-state index contributed by atoms with van der Waals surface area (Å²) in [5.41, 5.74) is -0.335. The maximum atomic E-state index is 12.6. The maximum Gasteiger partial charge on any atom is 0.435 e. The Hall–Kier alpha value is -2.39. The van der Waals surface area contributed by atoms with Crippen molar-refractivity contribution in [2.75, 3.05) is 19.6 Å². The van der Waals surface area contributed by atoms with E-state index in [0.29, 0.717) is 30.9 Å². The number of rotatable bonds is 4. The van der Waals surface area contributed by atoms with Gasteiger partial charge in [0.2, 0.25) is 0 Å². The highest BCUT2D eigenvalue weighted by Gasteiger charge is 2.33. The molecule has 3 rings (SSSR count). The van der Waals surface area contributed by atoms with Gasteiger partial charge in [0.15, 0.2) is 5.69 Å². The Bertz CT molecular complexity index is 760. The van der Waals surface area contributed by atoms with Crippen molar-refractivity contribution >= 4 is 5.91 Å². The van der Waals surface area contributed by atoms with Gasteiger partial charge in [-0.05, 0) is 24.3 Å². The van der Waals surface area contributed by atoms with Crippen molar-refractivity contribution in [3.8, 4) is 5.69 Å². The number of carbonyl (C=O) groups is 1. The number of aliphatic hydroxyl groups is 1. The van der Waals surface area contributed by atoms with Crippen LogP contribution in [0, 0.1) is 5.92 Å². The summed E-state index contributed by atoms with van der Waals surface area (Å²) in [6.45, 7) is 1.43. The molecule has 3 N–H and O–H groups in total. The lowest BCUT2D eigenvalue weighted by atomic mass is 10.1. The van der Waals surface area contributed by atoms with E-state index in [0.717, 1.165) is 10.7 Å². The second-order valence-corrected chi connectivity index (χ2v) is 5.89. The maximum absolute atomic E-state index is 12.6. The standard InChI is InChI=1S/C16H17F3N4O2/c17-16(18,19)14-4-5-23(22-14)12-3-1-2-10(6-12)15(25)21-8-11-7-20-9-13(11)24/h1-6,11,13,20,24H,7-9H2,(H,21,25). The number of amides is 1. The molecule has 134 valence electrons. The summed E-state index contributed by atoms with van der Waals surface area (Å²) in [7, 11) is 0. The highest BCUT2D eigenvalue weighted by atomic mass is 19.4. The molecule has 2 atom stereocenters. The van der Waals surface area contributed by atoms with E-state index < -0.39 is 18.0 Å². The van der Waals surface area contributed by atoms with Crippen LogP contribution in [-0.4, -0.2) is 46.5 Å². The largest absolute Gasteiger partial charge is 0.435 e. The van der Waals surface area contributed by atoms with Crippen molar-refractivity contribution < 1.29 is 23.1 Å². The minimum absolute atomic E-state index is 0.0624. The molecule has 25 heavy (non-hydrogen) atoms. The number of aromatic nitrogens is 2. The average Bonchev–Trinajstić information content (AvgIpc) is 3.21. The fraction of sp³-hybridized carbons (Fsp3) is 0.375. The van der Waals surface area contributed by atoms with Crippen LogP contribution >= 0.6 is 0 Å². The van der Waals surface area contributed by atoms with Gasteiger partial charge in [0.25, 0.3) is 5.91 Å². The van der Waals surface area contributed by atoms with Crippen LogP contribution in [-0.2, 0) is 6.18 Å². The first-order valence-electron chi connectivity index (χ1n) is 7.75. The third-order valence-electron chi connectivity index (χ3n) is 4.08. The van der Waals surface area contributed by atoms with Crippen LogP contribution in [0.4, 0.5) is 13.2 Å². The molecule has 0 spiro atoms. The molecule has 2 unspecified atom stereocenters. The van der Waals surface area contributed by atoms with Gasteiger partial charge in [0.1, 0.15) is 0 Å². The van der Waals surface area contributed by atoms with Crippen LogP contribution in [0.5, 0.6) is 0 Å². The Morgan fingerprint density at radius 1 is 1.36 bits per heavy atom. The lowest BCUT2D eigenvalue weighted by Crippen LogP contribution is -2.34. The second-order valence-electron chi connectivity index (χ2n) is 5.89. The van der Waals surface area contributed by atoms with E-state index in [1.807, 2.05) is 0 Å². The SMILES string of the molecule is O=C(NCC1CNCC1O)c1cccc(-n2ccc(C(F)(F)F)n2)c1. The molecule has 0 bridgehead atoms. The number of nitrogens with one attached hydrogen (secondary N) is 2. The summed E-state index contributed by atoms with van der Waals surface area (Å²) in [5, 5.41) is 19.0. The molecule has 2 heterocycles. The van der Waals surface area contributed by atoms with Crippen molar-refractivity contribution in [1.29, 1.82) is 0 Å². The number of benzene rings is 1. The molecule has 1 aromatic carbocycles. The van der Waals surface area contributed by atoms with Crippen LogP contribution in [0.15, 0.2) is 36.5 Å². The highest BCUT2D eigenvalue weighted by molar-refractivity contribution is 5.94. The fourth-order valence-corrected chi connectivity index (χ4v) is 2.66. The Balaban J connectivity index is 1.70. The molecule has 1 fully saturated rings. The van der Waals surface area contributed by atoms with Crippen LogP contribution in [0.3, 0.4) is 0 Å². The Kier molecular flexibility index (Phi) is 4.78. The van der Waals surface area contributed by atoms with Gasteiger partial charge in [0, 0.05) is 37.3 Å². The summed E-state index contributed by atoms with van der Waals surface area (Å²) in [5.74, 6) is -0.420. The number of hydrogen-bond acceptors (Lipinski definition) is 4. The highest BCUT2D eigenvalue weighted by Crippen LogP contribution is 2.27. The summed E-state index contributed by atoms with van der Waals surface area (Å²) < 4.78 is 39.0. The summed E-state index contributed by atoms with van der Waals surface area (Å²) in [4.78, 5) is 12.2. The van der Waals surface area contributed by atoms with Crippen LogP contribution in [0.25, 0.3) is 5.69 Å². The van der Waals surface area contributed by atoms with Gasteiger partial charge in [-0.25, -0.2) is 4.68 Å². The zero-order valence-corrected chi connectivity index (χ0v) is 13.1. The van der Waals surface area contributed by atoms with Crippen LogP contribution in [0.1, 0.15) is 16.1 Å². The van der Waals surface area contributed by atoms with E-state index in [1.165, 1.54) is 12.3 Å². The number of β-amino-alcohol motifs (C(OH)–C–C–N with tert-alkyl or cyclic N) is 1. The molecule has 1 saturated heterocycles. The van der Waals surface area contributed by atoms with E-state index in [9.17, 15) is 23.1 Å². The molecular weight excluding hydrogens is 337 g/mol. The Morgan fingerprint density at radius 3 is 2.80 bits per heavy atom. The molecule has 6 nitrogen and oxygen atoms in total. The lowest BCUT2D eigenvalue weighted by molar-refractivity contribution is -0.141. The van der Waals surface area contributed by atoms with Crippen molar-refractivity contribution in [1.82, 2.24) is 20.4 Å². The number of aliphatic hydroxyl groups excluding tert-OH is 1.